The molecule has 0 saturated heterocycles. The highest BCUT2D eigenvalue weighted by atomic mass is 16.3. The summed E-state index contributed by atoms with van der Waals surface area (Å²) < 4.78 is 0. The van der Waals surface area contributed by atoms with Crippen molar-refractivity contribution in [2.45, 2.75) is 13.0 Å². The molecule has 0 unspecified atom stereocenters. The Morgan fingerprint density at radius 3 is 2.76 bits per heavy atom. The summed E-state index contributed by atoms with van der Waals surface area (Å²) in [6.07, 6.45) is 1.02. The lowest BCUT2D eigenvalue weighted by atomic mass is 10.1. The molecule has 1 N–H and O–H groups in total. The van der Waals surface area contributed by atoms with E-state index in [0.717, 1.165) is 35.2 Å². The molecule has 1 aliphatic rings. The van der Waals surface area contributed by atoms with Gasteiger partial charge < -0.3 is 10.0 Å². The van der Waals surface area contributed by atoms with Crippen LogP contribution < -0.4 is 4.90 Å². The summed E-state index contributed by atoms with van der Waals surface area (Å²) in [7, 11) is 0. The van der Waals surface area contributed by atoms with E-state index in [1.807, 2.05) is 30.3 Å². The molecule has 3 nitrogen and oxygen atoms in total. The van der Waals surface area contributed by atoms with Gasteiger partial charge in [-0.25, -0.2) is 4.98 Å². The van der Waals surface area contributed by atoms with E-state index < -0.39 is 0 Å². The second-order valence-corrected chi connectivity index (χ2v) is 5.35. The van der Waals surface area contributed by atoms with Crippen molar-refractivity contribution in [1.82, 2.24) is 4.98 Å². The van der Waals surface area contributed by atoms with Crippen LogP contribution in [0.3, 0.4) is 0 Å². The smallest absolute Gasteiger partial charge is 0.139 e. The summed E-state index contributed by atoms with van der Waals surface area (Å²) in [5.74, 6) is 0.876. The molecular weight excluding hydrogens is 260 g/mol. The van der Waals surface area contributed by atoms with Crippen molar-refractivity contribution < 1.29 is 5.11 Å². The van der Waals surface area contributed by atoms with Gasteiger partial charge in [0.05, 0.1) is 12.1 Å². The SMILES string of the molecule is OCc1cc2ccccc2nc1N1CCc2ccccc21. The predicted octanol–water partition coefficient (Wildman–Crippen LogP) is 3.42. The van der Waals surface area contributed by atoms with Crippen LogP contribution in [0.2, 0.25) is 0 Å². The van der Waals surface area contributed by atoms with Gasteiger partial charge in [-0.05, 0) is 30.2 Å². The number of para-hydroxylation sites is 2. The van der Waals surface area contributed by atoms with Crippen LogP contribution in [-0.4, -0.2) is 16.6 Å². The van der Waals surface area contributed by atoms with Crippen molar-refractivity contribution in [1.29, 1.82) is 0 Å². The van der Waals surface area contributed by atoms with Gasteiger partial charge in [-0.2, -0.15) is 0 Å². The van der Waals surface area contributed by atoms with Crippen LogP contribution in [0, 0.1) is 0 Å². The monoisotopic (exact) mass is 276 g/mol. The molecule has 4 rings (SSSR count). The van der Waals surface area contributed by atoms with Gasteiger partial charge in [-0.3, -0.25) is 0 Å². The van der Waals surface area contributed by atoms with E-state index in [9.17, 15) is 5.11 Å². The van der Waals surface area contributed by atoms with E-state index in [1.165, 1.54) is 11.3 Å². The topological polar surface area (TPSA) is 36.4 Å². The molecule has 0 fully saturated rings. The Bertz CT molecular complexity index is 813. The number of benzene rings is 2. The van der Waals surface area contributed by atoms with Crippen molar-refractivity contribution in [2.75, 3.05) is 11.4 Å². The first-order chi connectivity index (χ1) is 10.4. The molecule has 3 aromatic rings. The van der Waals surface area contributed by atoms with E-state index in [0.29, 0.717) is 0 Å². The number of nitrogens with zero attached hydrogens (tertiary/aromatic N) is 2. The average Bonchev–Trinajstić information content (AvgIpc) is 2.97. The minimum atomic E-state index is 0.00579. The zero-order valence-corrected chi connectivity index (χ0v) is 11.7. The number of pyridine rings is 1. The first kappa shape index (κ1) is 12.4. The number of fused-ring (bicyclic) bond motifs is 2. The maximum Gasteiger partial charge on any atom is 0.139 e. The summed E-state index contributed by atoms with van der Waals surface area (Å²) in [5.41, 5.74) is 4.39. The third kappa shape index (κ3) is 1.98. The van der Waals surface area contributed by atoms with Crippen molar-refractivity contribution in [3.8, 4) is 0 Å². The average molecular weight is 276 g/mol. The van der Waals surface area contributed by atoms with Crippen LogP contribution in [-0.2, 0) is 13.0 Å². The Morgan fingerprint density at radius 2 is 1.86 bits per heavy atom. The van der Waals surface area contributed by atoms with Crippen molar-refractivity contribution >= 4 is 22.4 Å². The van der Waals surface area contributed by atoms with Gasteiger partial charge in [-0.1, -0.05) is 36.4 Å². The second-order valence-electron chi connectivity index (χ2n) is 5.35. The van der Waals surface area contributed by atoms with Gasteiger partial charge in [0.1, 0.15) is 5.82 Å². The van der Waals surface area contributed by atoms with Crippen molar-refractivity contribution in [2.24, 2.45) is 0 Å². The van der Waals surface area contributed by atoms with Crippen molar-refractivity contribution in [3.05, 3.63) is 65.7 Å². The summed E-state index contributed by atoms with van der Waals surface area (Å²) in [4.78, 5) is 7.01. The lowest BCUT2D eigenvalue weighted by molar-refractivity contribution is 0.282. The summed E-state index contributed by atoms with van der Waals surface area (Å²) >= 11 is 0. The van der Waals surface area contributed by atoms with E-state index in [1.54, 1.807) is 0 Å². The second kappa shape index (κ2) is 4.86. The van der Waals surface area contributed by atoms with Crippen LogP contribution in [0.25, 0.3) is 10.9 Å². The van der Waals surface area contributed by atoms with Gasteiger partial charge in [0.15, 0.2) is 0 Å². The third-order valence-corrected chi connectivity index (χ3v) is 4.09. The largest absolute Gasteiger partial charge is 0.392 e. The molecule has 2 aromatic carbocycles. The minimum absolute atomic E-state index is 0.00579. The first-order valence-electron chi connectivity index (χ1n) is 7.22. The van der Waals surface area contributed by atoms with Crippen molar-refractivity contribution in [3.63, 3.8) is 0 Å². The zero-order chi connectivity index (χ0) is 14.2. The Balaban J connectivity index is 1.90. The van der Waals surface area contributed by atoms with Crippen LogP contribution in [0.15, 0.2) is 54.6 Å². The summed E-state index contributed by atoms with van der Waals surface area (Å²) in [5, 5.41) is 10.8. The molecule has 0 radical (unpaired) electrons. The minimum Gasteiger partial charge on any atom is -0.392 e. The van der Waals surface area contributed by atoms with Gasteiger partial charge in [-0.15, -0.1) is 0 Å². The third-order valence-electron chi connectivity index (χ3n) is 4.09. The number of anilines is 2. The Morgan fingerprint density at radius 1 is 1.05 bits per heavy atom. The summed E-state index contributed by atoms with van der Waals surface area (Å²) in [6, 6.07) is 18.5. The van der Waals surface area contributed by atoms with Gasteiger partial charge in [0.25, 0.3) is 0 Å². The molecule has 0 spiro atoms. The molecule has 0 atom stereocenters. The molecule has 0 amide bonds. The van der Waals surface area contributed by atoms with Crippen LogP contribution in [0.5, 0.6) is 0 Å². The maximum absolute atomic E-state index is 9.72. The molecule has 0 aliphatic carbocycles. The molecule has 104 valence electrons. The van der Waals surface area contributed by atoms with E-state index >= 15 is 0 Å². The zero-order valence-electron chi connectivity index (χ0n) is 11.7. The molecule has 0 saturated carbocycles. The van der Waals surface area contributed by atoms with Gasteiger partial charge in [0.2, 0.25) is 0 Å². The highest BCUT2D eigenvalue weighted by Gasteiger charge is 2.23. The van der Waals surface area contributed by atoms with Gasteiger partial charge in [0, 0.05) is 23.2 Å². The first-order valence-corrected chi connectivity index (χ1v) is 7.22. The number of aromatic nitrogens is 1. The molecule has 3 heteroatoms. The Hall–Kier alpha value is -2.39. The lowest BCUT2D eigenvalue weighted by Crippen LogP contribution is -2.17. The molecule has 21 heavy (non-hydrogen) atoms. The van der Waals surface area contributed by atoms with Gasteiger partial charge >= 0.3 is 0 Å². The highest BCUT2D eigenvalue weighted by Crippen LogP contribution is 2.36. The summed E-state index contributed by atoms with van der Waals surface area (Å²) in [6.45, 7) is 0.920. The van der Waals surface area contributed by atoms with Crippen LogP contribution in [0.4, 0.5) is 11.5 Å². The fraction of sp³-hybridized carbons (Fsp3) is 0.167. The number of aliphatic hydroxyl groups excluding tert-OH is 1. The fourth-order valence-corrected chi connectivity index (χ4v) is 3.06. The van der Waals surface area contributed by atoms with E-state index in [4.69, 9.17) is 4.98 Å². The van der Waals surface area contributed by atoms with Crippen LogP contribution >= 0.6 is 0 Å². The number of hydrogen-bond acceptors (Lipinski definition) is 3. The van der Waals surface area contributed by atoms with E-state index in [2.05, 4.69) is 29.2 Å². The number of aliphatic hydroxyl groups is 1. The fourth-order valence-electron chi connectivity index (χ4n) is 3.06. The molecule has 2 heterocycles. The lowest BCUT2D eigenvalue weighted by Gasteiger charge is -2.21. The molecule has 0 bridgehead atoms. The maximum atomic E-state index is 9.72. The molecule has 1 aromatic heterocycles. The standard InChI is InChI=1S/C18H16N2O/c21-12-15-11-14-6-1-3-7-16(14)19-18(15)20-10-9-13-5-2-4-8-17(13)20/h1-8,11,21H,9-10,12H2. The molecule has 1 aliphatic heterocycles. The normalized spacial score (nSPS) is 13.7. The Labute approximate surface area is 123 Å². The predicted molar refractivity (Wildman–Crippen MR) is 84.8 cm³/mol. The van der Waals surface area contributed by atoms with E-state index in [-0.39, 0.29) is 6.61 Å². The number of rotatable bonds is 2. The van der Waals surface area contributed by atoms with Crippen LogP contribution in [0.1, 0.15) is 11.1 Å². The Kier molecular flexibility index (Phi) is 2.86. The quantitative estimate of drug-likeness (QED) is 0.779. The number of hydrogen-bond donors (Lipinski definition) is 1. The highest BCUT2D eigenvalue weighted by molar-refractivity contribution is 5.83. The molecular formula is C18H16N2O.